The van der Waals surface area contributed by atoms with Crippen LogP contribution < -0.4 is 11.1 Å². The van der Waals surface area contributed by atoms with E-state index in [1.54, 1.807) is 6.20 Å². The molecule has 1 amide bonds. The average Bonchev–Trinajstić information content (AvgIpc) is 2.62. The van der Waals surface area contributed by atoms with Gasteiger partial charge >= 0.3 is 0 Å². The van der Waals surface area contributed by atoms with Crippen LogP contribution in [0.3, 0.4) is 0 Å². The van der Waals surface area contributed by atoms with Crippen molar-refractivity contribution in [3.05, 3.63) is 23.0 Å². The highest BCUT2D eigenvalue weighted by Crippen LogP contribution is 1.97. The number of nitrogens with zero attached hydrogens (tertiary/aromatic N) is 3. The summed E-state index contributed by atoms with van der Waals surface area (Å²) in [5.74, 6) is -0.149. The van der Waals surface area contributed by atoms with Crippen LogP contribution >= 0.6 is 15.9 Å². The fourth-order valence-electron chi connectivity index (χ4n) is 0.907. The molecule has 0 saturated carbocycles. The Morgan fingerprint density at radius 2 is 2.47 bits per heavy atom. The van der Waals surface area contributed by atoms with Gasteiger partial charge in [0.05, 0.1) is 11.9 Å². The average molecular weight is 274 g/mol. The molecule has 1 aromatic heterocycles. The second-order valence-electron chi connectivity index (χ2n) is 2.91. The van der Waals surface area contributed by atoms with Gasteiger partial charge < -0.3 is 11.1 Å². The van der Waals surface area contributed by atoms with Crippen molar-refractivity contribution >= 4 is 21.8 Å². The van der Waals surface area contributed by atoms with Crippen LogP contribution in [0.15, 0.2) is 17.3 Å². The molecule has 1 aromatic rings. The largest absolute Gasteiger partial charge is 0.350 e. The third-order valence-corrected chi connectivity index (χ3v) is 1.86. The van der Waals surface area contributed by atoms with E-state index >= 15 is 0 Å². The summed E-state index contributed by atoms with van der Waals surface area (Å²) in [6.07, 6.45) is 1.64. The second-order valence-corrected chi connectivity index (χ2v) is 4.03. The Hall–Kier alpha value is -1.21. The lowest BCUT2D eigenvalue weighted by atomic mass is 10.5. The molecule has 6 nitrogen and oxygen atoms in total. The standard InChI is InChI=1S/C8H12BrN5O/c1-6(9)3-11-8(15)5-14-4-7(2-10)12-13-14/h4H,1-3,5,10H2,(H,11,15). The third kappa shape index (κ3) is 4.22. The third-order valence-electron chi connectivity index (χ3n) is 1.58. The molecule has 0 bridgehead atoms. The zero-order chi connectivity index (χ0) is 11.3. The molecular weight excluding hydrogens is 262 g/mol. The van der Waals surface area contributed by atoms with Crippen LogP contribution in [0, 0.1) is 0 Å². The van der Waals surface area contributed by atoms with Crippen molar-refractivity contribution < 1.29 is 4.79 Å². The lowest BCUT2D eigenvalue weighted by Gasteiger charge is -2.02. The summed E-state index contributed by atoms with van der Waals surface area (Å²) in [5, 5.41) is 10.2. The van der Waals surface area contributed by atoms with E-state index in [0.717, 1.165) is 4.48 Å². The minimum Gasteiger partial charge on any atom is -0.350 e. The number of nitrogens with two attached hydrogens (primary N) is 1. The summed E-state index contributed by atoms with van der Waals surface area (Å²) < 4.78 is 2.16. The lowest BCUT2D eigenvalue weighted by molar-refractivity contribution is -0.121. The zero-order valence-corrected chi connectivity index (χ0v) is 9.70. The van der Waals surface area contributed by atoms with Crippen molar-refractivity contribution in [2.45, 2.75) is 13.1 Å². The number of hydrogen-bond acceptors (Lipinski definition) is 4. The van der Waals surface area contributed by atoms with Gasteiger partial charge in [-0.15, -0.1) is 5.10 Å². The van der Waals surface area contributed by atoms with E-state index in [-0.39, 0.29) is 12.5 Å². The number of aromatic nitrogens is 3. The molecule has 0 unspecified atom stereocenters. The predicted octanol–water partition coefficient (Wildman–Crippen LogP) is -0.238. The Labute approximate surface area is 95.6 Å². The van der Waals surface area contributed by atoms with Crippen molar-refractivity contribution in [1.82, 2.24) is 20.3 Å². The molecule has 0 radical (unpaired) electrons. The minimum atomic E-state index is -0.149. The Bertz CT molecular complexity index is 362. The van der Waals surface area contributed by atoms with E-state index in [9.17, 15) is 4.79 Å². The molecule has 1 rings (SSSR count). The maximum atomic E-state index is 11.3. The number of amides is 1. The van der Waals surface area contributed by atoms with Gasteiger partial charge in [0.25, 0.3) is 0 Å². The van der Waals surface area contributed by atoms with E-state index in [2.05, 4.69) is 38.1 Å². The Kier molecular flexibility index (Phi) is 4.44. The molecule has 0 spiro atoms. The second kappa shape index (κ2) is 5.62. The van der Waals surface area contributed by atoms with Gasteiger partial charge in [0.2, 0.25) is 5.91 Å². The van der Waals surface area contributed by atoms with Crippen LogP contribution in [0.5, 0.6) is 0 Å². The first kappa shape index (κ1) is 11.9. The highest BCUT2D eigenvalue weighted by Gasteiger charge is 2.04. The summed E-state index contributed by atoms with van der Waals surface area (Å²) in [4.78, 5) is 11.3. The van der Waals surface area contributed by atoms with Crippen LogP contribution in [-0.2, 0) is 17.9 Å². The molecule has 7 heteroatoms. The molecule has 0 atom stereocenters. The van der Waals surface area contributed by atoms with Crippen molar-refractivity contribution in [2.24, 2.45) is 5.73 Å². The lowest BCUT2D eigenvalue weighted by Crippen LogP contribution is -2.28. The van der Waals surface area contributed by atoms with Gasteiger partial charge in [-0.05, 0) is 0 Å². The van der Waals surface area contributed by atoms with E-state index in [0.29, 0.717) is 18.8 Å². The molecule has 1 heterocycles. The van der Waals surface area contributed by atoms with Crippen molar-refractivity contribution in [3.63, 3.8) is 0 Å². The zero-order valence-electron chi connectivity index (χ0n) is 8.11. The van der Waals surface area contributed by atoms with Gasteiger partial charge in [0.15, 0.2) is 0 Å². The smallest absolute Gasteiger partial charge is 0.242 e. The number of rotatable bonds is 5. The van der Waals surface area contributed by atoms with Gasteiger partial charge in [0, 0.05) is 17.6 Å². The number of carbonyl (C=O) groups is 1. The minimum absolute atomic E-state index is 0.132. The van der Waals surface area contributed by atoms with Crippen LogP contribution in [-0.4, -0.2) is 27.4 Å². The number of carbonyl (C=O) groups excluding carboxylic acids is 1. The van der Waals surface area contributed by atoms with Gasteiger partial charge in [-0.2, -0.15) is 0 Å². The quantitative estimate of drug-likeness (QED) is 0.776. The maximum Gasteiger partial charge on any atom is 0.242 e. The van der Waals surface area contributed by atoms with Gasteiger partial charge in [-0.1, -0.05) is 27.7 Å². The highest BCUT2D eigenvalue weighted by molar-refractivity contribution is 9.11. The molecule has 0 aliphatic rings. The summed E-state index contributed by atoms with van der Waals surface area (Å²) in [5.41, 5.74) is 6.02. The number of hydrogen-bond donors (Lipinski definition) is 2. The maximum absolute atomic E-state index is 11.3. The van der Waals surface area contributed by atoms with Crippen molar-refractivity contribution in [2.75, 3.05) is 6.54 Å². The van der Waals surface area contributed by atoms with Crippen LogP contribution in [0.2, 0.25) is 0 Å². The van der Waals surface area contributed by atoms with Gasteiger partial charge in [0.1, 0.15) is 6.54 Å². The number of halogens is 1. The fraction of sp³-hybridized carbons (Fsp3) is 0.375. The Balaban J connectivity index is 2.40. The first-order chi connectivity index (χ1) is 7.11. The molecule has 15 heavy (non-hydrogen) atoms. The molecule has 0 aromatic carbocycles. The molecule has 0 aliphatic heterocycles. The van der Waals surface area contributed by atoms with E-state index < -0.39 is 0 Å². The van der Waals surface area contributed by atoms with E-state index in [1.165, 1.54) is 4.68 Å². The van der Waals surface area contributed by atoms with E-state index in [4.69, 9.17) is 5.73 Å². The first-order valence-electron chi connectivity index (χ1n) is 4.31. The predicted molar refractivity (Wildman–Crippen MR) is 59.0 cm³/mol. The summed E-state index contributed by atoms with van der Waals surface area (Å²) in [7, 11) is 0. The van der Waals surface area contributed by atoms with Crippen molar-refractivity contribution in [1.29, 1.82) is 0 Å². The molecule has 0 fully saturated rings. The van der Waals surface area contributed by atoms with E-state index in [1.807, 2.05) is 0 Å². The van der Waals surface area contributed by atoms with Crippen LogP contribution in [0.25, 0.3) is 0 Å². The van der Waals surface area contributed by atoms with Crippen LogP contribution in [0.1, 0.15) is 5.69 Å². The topological polar surface area (TPSA) is 85.8 Å². The molecule has 3 N–H and O–H groups in total. The van der Waals surface area contributed by atoms with Crippen LogP contribution in [0.4, 0.5) is 0 Å². The monoisotopic (exact) mass is 273 g/mol. The molecule has 0 saturated heterocycles. The summed E-state index contributed by atoms with van der Waals surface area (Å²) >= 11 is 3.14. The molecular formula is C8H12BrN5O. The summed E-state index contributed by atoms with van der Waals surface area (Å²) in [6.45, 7) is 4.45. The molecule has 82 valence electrons. The van der Waals surface area contributed by atoms with Crippen molar-refractivity contribution in [3.8, 4) is 0 Å². The van der Waals surface area contributed by atoms with Gasteiger partial charge in [-0.25, -0.2) is 4.68 Å². The molecule has 0 aliphatic carbocycles. The van der Waals surface area contributed by atoms with Gasteiger partial charge in [-0.3, -0.25) is 4.79 Å². The fourth-order valence-corrected chi connectivity index (χ4v) is 1.05. The SMILES string of the molecule is C=C(Br)CNC(=O)Cn1cc(CN)nn1. The Morgan fingerprint density at radius 1 is 1.73 bits per heavy atom. The number of nitrogens with one attached hydrogen (secondary N) is 1. The highest BCUT2D eigenvalue weighted by atomic mass is 79.9. The summed E-state index contributed by atoms with van der Waals surface area (Å²) in [6, 6.07) is 0. The Morgan fingerprint density at radius 3 is 3.00 bits per heavy atom. The normalized spacial score (nSPS) is 10.0. The first-order valence-corrected chi connectivity index (χ1v) is 5.10.